The molecule has 2 heterocycles. The molecule has 0 bridgehead atoms. The number of hydrogen-bond acceptors (Lipinski definition) is 7. The zero-order chi connectivity index (χ0) is 22.0. The van der Waals surface area contributed by atoms with Gasteiger partial charge in [-0.2, -0.15) is 0 Å². The van der Waals surface area contributed by atoms with Gasteiger partial charge in [-0.25, -0.2) is 9.97 Å². The maximum Gasteiger partial charge on any atom is 0.302 e. The van der Waals surface area contributed by atoms with Gasteiger partial charge in [0.1, 0.15) is 17.3 Å². The maximum absolute atomic E-state index is 13.0. The van der Waals surface area contributed by atoms with E-state index in [4.69, 9.17) is 9.47 Å². The number of rotatable bonds is 5. The van der Waals surface area contributed by atoms with E-state index in [-0.39, 0.29) is 17.3 Å². The molecule has 3 aromatic rings. The minimum Gasteiger partial charge on any atom is -0.507 e. The Hall–Kier alpha value is -4.20. The van der Waals surface area contributed by atoms with Crippen molar-refractivity contribution in [2.24, 2.45) is 0 Å². The second kappa shape index (κ2) is 8.27. The lowest BCUT2D eigenvalue weighted by Gasteiger charge is -2.23. The molecule has 4 rings (SSSR count). The molecule has 8 heteroatoms. The average Bonchev–Trinajstić information content (AvgIpc) is 3.09. The number of nitrogens with zero attached hydrogens (tertiary/aromatic N) is 3. The summed E-state index contributed by atoms with van der Waals surface area (Å²) in [5.74, 6) is -0.642. The van der Waals surface area contributed by atoms with Crippen molar-refractivity contribution in [1.82, 2.24) is 9.97 Å². The molecule has 1 atom stereocenters. The van der Waals surface area contributed by atoms with Gasteiger partial charge < -0.3 is 14.6 Å². The fourth-order valence-corrected chi connectivity index (χ4v) is 3.46. The summed E-state index contributed by atoms with van der Waals surface area (Å²) in [4.78, 5) is 35.5. The van der Waals surface area contributed by atoms with Crippen LogP contribution in [0.1, 0.15) is 17.2 Å². The van der Waals surface area contributed by atoms with E-state index in [1.165, 1.54) is 24.4 Å². The molecule has 2 aromatic carbocycles. The summed E-state index contributed by atoms with van der Waals surface area (Å²) in [6.45, 7) is 0. The van der Waals surface area contributed by atoms with Gasteiger partial charge in [0.15, 0.2) is 0 Å². The number of methoxy groups -OCH3 is 2. The van der Waals surface area contributed by atoms with E-state index in [1.807, 2.05) is 0 Å². The minimum atomic E-state index is -0.907. The van der Waals surface area contributed by atoms with Crippen molar-refractivity contribution in [1.29, 1.82) is 0 Å². The Morgan fingerprint density at radius 2 is 1.45 bits per heavy atom. The standard InChI is InChI=1S/C23H19N3O5/c1-30-16-8-4-14(5-9-16)19-18(20(27)15-6-10-17(31-2)11-7-15)21(28)22(29)26(19)23-24-12-3-13-25-23/h3-13,19,27H,1-2H3/t19-/m0/s1. The lowest BCUT2D eigenvalue weighted by Crippen LogP contribution is -2.31. The Balaban J connectivity index is 1.90. The highest BCUT2D eigenvalue weighted by molar-refractivity contribution is 6.51. The number of aliphatic hydroxyl groups excluding tert-OH is 1. The number of amides is 1. The lowest BCUT2D eigenvalue weighted by atomic mass is 9.95. The van der Waals surface area contributed by atoms with Crippen molar-refractivity contribution in [2.45, 2.75) is 6.04 Å². The largest absolute Gasteiger partial charge is 0.507 e. The van der Waals surface area contributed by atoms with Gasteiger partial charge in [0, 0.05) is 18.0 Å². The van der Waals surface area contributed by atoms with Crippen molar-refractivity contribution >= 4 is 23.4 Å². The molecule has 31 heavy (non-hydrogen) atoms. The monoisotopic (exact) mass is 417 g/mol. The van der Waals surface area contributed by atoms with Gasteiger partial charge in [-0.05, 0) is 48.0 Å². The second-order valence-corrected chi connectivity index (χ2v) is 6.72. The van der Waals surface area contributed by atoms with Gasteiger partial charge in [0.2, 0.25) is 5.95 Å². The first-order valence-electron chi connectivity index (χ1n) is 9.41. The number of carbonyl (C=O) groups is 2. The Bertz CT molecular complexity index is 1140. The quantitative estimate of drug-likeness (QED) is 0.387. The molecule has 1 aromatic heterocycles. The number of aliphatic hydroxyl groups is 1. The highest BCUT2D eigenvalue weighted by Gasteiger charge is 2.48. The van der Waals surface area contributed by atoms with E-state index in [0.717, 1.165) is 0 Å². The Morgan fingerprint density at radius 3 is 2.00 bits per heavy atom. The number of benzene rings is 2. The van der Waals surface area contributed by atoms with Crippen LogP contribution in [0.2, 0.25) is 0 Å². The van der Waals surface area contributed by atoms with Crippen LogP contribution in [0.5, 0.6) is 11.5 Å². The molecule has 1 N–H and O–H groups in total. The number of Topliss-reactive ketones (excluding diaryl/α,β-unsaturated/α-hetero) is 1. The van der Waals surface area contributed by atoms with E-state index < -0.39 is 17.7 Å². The second-order valence-electron chi connectivity index (χ2n) is 6.72. The van der Waals surface area contributed by atoms with E-state index >= 15 is 0 Å². The zero-order valence-corrected chi connectivity index (χ0v) is 16.9. The smallest absolute Gasteiger partial charge is 0.302 e. The summed E-state index contributed by atoms with van der Waals surface area (Å²) >= 11 is 0. The summed E-state index contributed by atoms with van der Waals surface area (Å²) in [7, 11) is 3.08. The molecule has 1 aliphatic rings. The van der Waals surface area contributed by atoms with Crippen LogP contribution in [0, 0.1) is 0 Å². The maximum atomic E-state index is 13.0. The van der Waals surface area contributed by atoms with Gasteiger partial charge in [0.05, 0.1) is 25.8 Å². The van der Waals surface area contributed by atoms with Gasteiger partial charge in [-0.1, -0.05) is 12.1 Å². The molecular formula is C23H19N3O5. The first-order valence-corrected chi connectivity index (χ1v) is 9.41. The van der Waals surface area contributed by atoms with Crippen molar-refractivity contribution in [3.8, 4) is 11.5 Å². The summed E-state index contributed by atoms with van der Waals surface area (Å²) in [6, 6.07) is 14.1. The SMILES string of the molecule is COc1ccc(C(O)=C2C(=O)C(=O)N(c3ncccn3)[C@H]2c2ccc(OC)cc2)cc1. The number of ether oxygens (including phenoxy) is 2. The van der Waals surface area contributed by atoms with Crippen LogP contribution in [0.4, 0.5) is 5.95 Å². The Kier molecular flexibility index (Phi) is 5.36. The van der Waals surface area contributed by atoms with Crippen LogP contribution >= 0.6 is 0 Å². The Morgan fingerprint density at radius 1 is 0.903 bits per heavy atom. The molecule has 1 fully saturated rings. The lowest BCUT2D eigenvalue weighted by molar-refractivity contribution is -0.132. The number of hydrogen-bond donors (Lipinski definition) is 1. The number of carbonyl (C=O) groups excluding carboxylic acids is 2. The summed E-state index contributed by atoms with van der Waals surface area (Å²) < 4.78 is 10.3. The highest BCUT2D eigenvalue weighted by atomic mass is 16.5. The first kappa shape index (κ1) is 20.1. The first-order chi connectivity index (χ1) is 15.0. The normalized spacial score (nSPS) is 17.6. The van der Waals surface area contributed by atoms with Crippen LogP contribution < -0.4 is 14.4 Å². The Labute approximate surface area is 178 Å². The third-order valence-electron chi connectivity index (χ3n) is 5.01. The van der Waals surface area contributed by atoms with Crippen LogP contribution in [0.3, 0.4) is 0 Å². The van der Waals surface area contributed by atoms with Crippen LogP contribution in [-0.4, -0.2) is 41.0 Å². The fourth-order valence-electron chi connectivity index (χ4n) is 3.46. The molecule has 0 spiro atoms. The van der Waals surface area contributed by atoms with E-state index in [1.54, 1.807) is 61.7 Å². The third kappa shape index (κ3) is 3.59. The van der Waals surface area contributed by atoms with E-state index in [2.05, 4.69) is 9.97 Å². The molecule has 0 radical (unpaired) electrons. The predicted octanol–water partition coefficient (Wildman–Crippen LogP) is 3.12. The molecule has 0 saturated carbocycles. The van der Waals surface area contributed by atoms with Crippen LogP contribution in [0.25, 0.3) is 5.76 Å². The van der Waals surface area contributed by atoms with Crippen molar-refractivity contribution in [3.63, 3.8) is 0 Å². The molecule has 156 valence electrons. The third-order valence-corrected chi connectivity index (χ3v) is 5.01. The van der Waals surface area contributed by atoms with Crippen LogP contribution in [0.15, 0.2) is 72.6 Å². The fraction of sp³-hybridized carbons (Fsp3) is 0.130. The minimum absolute atomic E-state index is 0.0483. The zero-order valence-electron chi connectivity index (χ0n) is 16.9. The molecule has 1 aliphatic heterocycles. The van der Waals surface area contributed by atoms with Gasteiger partial charge in [0.25, 0.3) is 5.78 Å². The van der Waals surface area contributed by atoms with Crippen molar-refractivity contribution in [2.75, 3.05) is 19.1 Å². The molecule has 0 aliphatic carbocycles. The molecule has 1 saturated heterocycles. The van der Waals surface area contributed by atoms with Gasteiger partial charge >= 0.3 is 5.91 Å². The average molecular weight is 417 g/mol. The highest BCUT2D eigenvalue weighted by Crippen LogP contribution is 2.41. The molecule has 1 amide bonds. The predicted molar refractivity (Wildman–Crippen MR) is 113 cm³/mol. The molecular weight excluding hydrogens is 398 g/mol. The summed E-state index contributed by atoms with van der Waals surface area (Å²) in [5.41, 5.74) is 0.932. The number of anilines is 1. The van der Waals surface area contributed by atoms with E-state index in [9.17, 15) is 14.7 Å². The van der Waals surface area contributed by atoms with Crippen LogP contribution in [-0.2, 0) is 9.59 Å². The summed E-state index contributed by atoms with van der Waals surface area (Å²) in [5, 5.41) is 11.0. The molecule has 8 nitrogen and oxygen atoms in total. The summed E-state index contributed by atoms with van der Waals surface area (Å²) in [6.07, 6.45) is 2.96. The van der Waals surface area contributed by atoms with E-state index in [0.29, 0.717) is 22.6 Å². The van der Waals surface area contributed by atoms with Gasteiger partial charge in [-0.15, -0.1) is 0 Å². The van der Waals surface area contributed by atoms with Gasteiger partial charge in [-0.3, -0.25) is 14.5 Å². The van der Waals surface area contributed by atoms with Crippen molar-refractivity contribution in [3.05, 3.63) is 83.7 Å². The van der Waals surface area contributed by atoms with Crippen molar-refractivity contribution < 1.29 is 24.2 Å². The topological polar surface area (TPSA) is 102 Å². The molecule has 0 unspecified atom stereocenters. The number of ketones is 1. The number of aromatic nitrogens is 2.